The first-order valence-electron chi connectivity index (χ1n) is 11.0. The summed E-state index contributed by atoms with van der Waals surface area (Å²) >= 11 is 0. The second kappa shape index (κ2) is 9.00. The van der Waals surface area contributed by atoms with E-state index in [1.54, 1.807) is 0 Å². The third-order valence-electron chi connectivity index (χ3n) is 6.46. The molecule has 0 saturated carbocycles. The Kier molecular flexibility index (Phi) is 6.19. The van der Waals surface area contributed by atoms with Gasteiger partial charge in [0.05, 0.1) is 0 Å². The van der Waals surface area contributed by atoms with E-state index in [0.29, 0.717) is 30.3 Å². The van der Waals surface area contributed by atoms with Crippen molar-refractivity contribution in [2.45, 2.75) is 70.2 Å². The molecule has 1 amide bonds. The number of hydrogen-bond acceptors (Lipinski definition) is 3. The summed E-state index contributed by atoms with van der Waals surface area (Å²) < 4.78 is 6.31. The van der Waals surface area contributed by atoms with Crippen molar-refractivity contribution in [3.8, 4) is 5.75 Å². The number of rotatable bonds is 7. The molecule has 2 fully saturated rings. The topological polar surface area (TPSA) is 41.6 Å². The molecule has 2 aromatic carbocycles. The van der Waals surface area contributed by atoms with Gasteiger partial charge in [-0.15, -0.1) is 0 Å². The number of carbonyl (C=O) groups is 1. The average Bonchev–Trinajstić information content (AvgIpc) is 2.94. The molecule has 2 aliphatic heterocycles. The fraction of sp³-hybridized carbons (Fsp3) is 0.480. The van der Waals surface area contributed by atoms with Gasteiger partial charge in [0, 0.05) is 24.2 Å². The summed E-state index contributed by atoms with van der Waals surface area (Å²) in [6.45, 7) is 2.67. The number of nitrogens with zero attached hydrogens (tertiary/aromatic N) is 1. The number of amides is 1. The number of ether oxygens (including phenoxy) is 1. The number of nitrogens with one attached hydrogen (secondary N) is 1. The first-order valence-corrected chi connectivity index (χ1v) is 11.0. The van der Waals surface area contributed by atoms with Gasteiger partial charge in [0.25, 0.3) is 5.91 Å². The summed E-state index contributed by atoms with van der Waals surface area (Å²) in [5.41, 5.74) is 3.05. The Morgan fingerprint density at radius 1 is 1.07 bits per heavy atom. The van der Waals surface area contributed by atoms with Gasteiger partial charge in [0.15, 0.2) is 0 Å². The first kappa shape index (κ1) is 20.0. The van der Waals surface area contributed by atoms with Gasteiger partial charge in [0.1, 0.15) is 11.9 Å². The molecule has 0 aliphatic carbocycles. The molecule has 0 aromatic heterocycles. The summed E-state index contributed by atoms with van der Waals surface area (Å²) in [5, 5.41) is 3.03. The van der Waals surface area contributed by atoms with Crippen molar-refractivity contribution in [2.24, 2.45) is 0 Å². The summed E-state index contributed by atoms with van der Waals surface area (Å²) in [5.74, 6) is 0.876. The Morgan fingerprint density at radius 2 is 1.79 bits per heavy atom. The SMILES string of the molecule is CCCc1ccc(C(=O)NCc2cccc(OC3CC4CCC(C3)N4C)c2)cc1. The molecule has 2 atom stereocenters. The lowest BCUT2D eigenvalue weighted by molar-refractivity contribution is 0.0661. The fourth-order valence-electron chi connectivity index (χ4n) is 4.77. The third kappa shape index (κ3) is 4.81. The van der Waals surface area contributed by atoms with Crippen LogP contribution in [0.1, 0.15) is 60.5 Å². The Hall–Kier alpha value is -2.33. The lowest BCUT2D eigenvalue weighted by Crippen LogP contribution is -2.43. The van der Waals surface area contributed by atoms with Crippen LogP contribution in [0.15, 0.2) is 48.5 Å². The second-order valence-electron chi connectivity index (χ2n) is 8.54. The maximum atomic E-state index is 12.5. The van der Waals surface area contributed by atoms with E-state index in [1.165, 1.54) is 18.4 Å². The number of piperidine rings is 1. The second-order valence-corrected chi connectivity index (χ2v) is 8.54. The van der Waals surface area contributed by atoms with Crippen LogP contribution in [-0.4, -0.2) is 36.0 Å². The minimum absolute atomic E-state index is 0.0359. The summed E-state index contributed by atoms with van der Waals surface area (Å²) in [6.07, 6.45) is 7.29. The molecule has 4 nitrogen and oxygen atoms in total. The largest absolute Gasteiger partial charge is 0.490 e. The Bertz CT molecular complexity index is 819. The molecule has 1 N–H and O–H groups in total. The van der Waals surface area contributed by atoms with Gasteiger partial charge in [-0.25, -0.2) is 0 Å². The molecule has 2 heterocycles. The molecule has 2 saturated heterocycles. The zero-order valence-electron chi connectivity index (χ0n) is 17.6. The average molecular weight is 393 g/mol. The van der Waals surface area contributed by atoms with Crippen LogP contribution in [-0.2, 0) is 13.0 Å². The van der Waals surface area contributed by atoms with Crippen LogP contribution >= 0.6 is 0 Å². The van der Waals surface area contributed by atoms with Crippen LogP contribution in [0.4, 0.5) is 0 Å². The van der Waals surface area contributed by atoms with E-state index in [4.69, 9.17) is 4.74 Å². The standard InChI is InChI=1S/C25H32N2O2/c1-3-5-18-8-10-20(11-9-18)25(28)26-17-19-6-4-7-23(14-19)29-24-15-21-12-13-22(16-24)27(21)2/h4,6-11,14,21-22,24H,3,5,12-13,15-17H2,1-2H3,(H,26,28). The van der Waals surface area contributed by atoms with Gasteiger partial charge in [-0.1, -0.05) is 37.6 Å². The molecule has 2 aliphatic rings. The van der Waals surface area contributed by atoms with Gasteiger partial charge >= 0.3 is 0 Å². The van der Waals surface area contributed by atoms with Crippen LogP contribution in [0.5, 0.6) is 5.75 Å². The predicted octanol–water partition coefficient (Wildman–Crippen LogP) is 4.57. The zero-order chi connectivity index (χ0) is 20.2. The van der Waals surface area contributed by atoms with E-state index in [-0.39, 0.29) is 5.91 Å². The van der Waals surface area contributed by atoms with Crippen LogP contribution in [0, 0.1) is 0 Å². The van der Waals surface area contributed by atoms with Crippen molar-refractivity contribution < 1.29 is 9.53 Å². The van der Waals surface area contributed by atoms with Crippen LogP contribution < -0.4 is 10.1 Å². The maximum Gasteiger partial charge on any atom is 0.251 e. The Morgan fingerprint density at radius 3 is 2.48 bits per heavy atom. The van der Waals surface area contributed by atoms with Gasteiger partial charge < -0.3 is 15.0 Å². The number of carbonyl (C=O) groups excluding carboxylic acids is 1. The van der Waals surface area contributed by atoms with Gasteiger partial charge in [0.2, 0.25) is 0 Å². The van der Waals surface area contributed by atoms with E-state index < -0.39 is 0 Å². The van der Waals surface area contributed by atoms with Crippen molar-refractivity contribution in [1.29, 1.82) is 0 Å². The van der Waals surface area contributed by atoms with E-state index in [2.05, 4.69) is 30.3 Å². The number of aryl methyl sites for hydroxylation is 1. The lowest BCUT2D eigenvalue weighted by Gasteiger charge is -2.36. The van der Waals surface area contributed by atoms with Gasteiger partial charge in [-0.2, -0.15) is 0 Å². The minimum Gasteiger partial charge on any atom is -0.490 e. The zero-order valence-corrected chi connectivity index (χ0v) is 17.6. The van der Waals surface area contributed by atoms with E-state index in [0.717, 1.165) is 37.0 Å². The normalized spacial score (nSPS) is 23.7. The molecule has 2 aromatic rings. The van der Waals surface area contributed by atoms with Crippen molar-refractivity contribution in [2.75, 3.05) is 7.05 Å². The molecule has 4 rings (SSSR count). The van der Waals surface area contributed by atoms with Crippen LogP contribution in [0.2, 0.25) is 0 Å². The van der Waals surface area contributed by atoms with Crippen LogP contribution in [0.25, 0.3) is 0 Å². The summed E-state index contributed by atoms with van der Waals surface area (Å²) in [4.78, 5) is 15.0. The van der Waals surface area contributed by atoms with Crippen molar-refractivity contribution in [3.05, 3.63) is 65.2 Å². The first-order chi connectivity index (χ1) is 14.1. The predicted molar refractivity (Wildman–Crippen MR) is 116 cm³/mol. The lowest BCUT2D eigenvalue weighted by atomic mass is 10.0. The van der Waals surface area contributed by atoms with Gasteiger partial charge in [-0.05, 0) is 74.5 Å². The monoisotopic (exact) mass is 392 g/mol. The Labute approximate surface area is 174 Å². The minimum atomic E-state index is -0.0359. The number of benzene rings is 2. The molecular weight excluding hydrogens is 360 g/mol. The highest BCUT2D eigenvalue weighted by atomic mass is 16.5. The molecule has 29 heavy (non-hydrogen) atoms. The molecule has 4 heteroatoms. The highest BCUT2D eigenvalue weighted by Gasteiger charge is 2.39. The third-order valence-corrected chi connectivity index (χ3v) is 6.46. The molecule has 0 radical (unpaired) electrons. The highest BCUT2D eigenvalue weighted by molar-refractivity contribution is 5.94. The summed E-state index contributed by atoms with van der Waals surface area (Å²) in [6, 6.07) is 17.4. The fourth-order valence-corrected chi connectivity index (χ4v) is 4.77. The van der Waals surface area contributed by atoms with E-state index >= 15 is 0 Å². The summed E-state index contributed by atoms with van der Waals surface area (Å²) in [7, 11) is 2.25. The molecule has 2 bridgehead atoms. The molecule has 154 valence electrons. The van der Waals surface area contributed by atoms with Crippen molar-refractivity contribution >= 4 is 5.91 Å². The van der Waals surface area contributed by atoms with E-state index in [9.17, 15) is 4.79 Å². The van der Waals surface area contributed by atoms with Gasteiger partial charge in [-0.3, -0.25) is 4.79 Å². The molecular formula is C25H32N2O2. The Balaban J connectivity index is 1.31. The van der Waals surface area contributed by atoms with Crippen molar-refractivity contribution in [1.82, 2.24) is 10.2 Å². The van der Waals surface area contributed by atoms with Crippen molar-refractivity contribution in [3.63, 3.8) is 0 Å². The smallest absolute Gasteiger partial charge is 0.251 e. The van der Waals surface area contributed by atoms with Crippen LogP contribution in [0.3, 0.4) is 0 Å². The highest BCUT2D eigenvalue weighted by Crippen LogP contribution is 2.36. The quantitative estimate of drug-likeness (QED) is 0.750. The number of hydrogen-bond donors (Lipinski definition) is 1. The molecule has 2 unspecified atom stereocenters. The number of fused-ring (bicyclic) bond motifs is 2. The maximum absolute atomic E-state index is 12.5. The molecule has 0 spiro atoms. The van der Waals surface area contributed by atoms with E-state index in [1.807, 2.05) is 42.5 Å².